The number of nitrogens with one attached hydrogen (secondary N) is 1. The van der Waals surface area contributed by atoms with Gasteiger partial charge in [-0.2, -0.15) is 5.10 Å². The van der Waals surface area contributed by atoms with E-state index in [-0.39, 0.29) is 11.5 Å². The maximum absolute atomic E-state index is 12.8. The lowest BCUT2D eigenvalue weighted by atomic mass is 10.2. The molecule has 152 valence electrons. The Hall–Kier alpha value is -3.59. The minimum absolute atomic E-state index is 0.0214. The minimum Gasteiger partial charge on any atom is -0.310 e. The summed E-state index contributed by atoms with van der Waals surface area (Å²) in [6.07, 6.45) is 1.84. The first kappa shape index (κ1) is 18.4. The summed E-state index contributed by atoms with van der Waals surface area (Å²) in [7, 11) is 1.92. The lowest BCUT2D eigenvalue weighted by Crippen LogP contribution is -2.48. The predicted octanol–water partition coefficient (Wildman–Crippen LogP) is 1.53. The van der Waals surface area contributed by atoms with Gasteiger partial charge in [0.1, 0.15) is 5.69 Å². The number of benzene rings is 1. The van der Waals surface area contributed by atoms with Crippen LogP contribution in [0.3, 0.4) is 0 Å². The smallest absolute Gasteiger partial charge is 0.259 e. The van der Waals surface area contributed by atoms with Crippen molar-refractivity contribution in [3.63, 3.8) is 0 Å². The molecule has 3 aromatic heterocycles. The predicted molar refractivity (Wildman–Crippen MR) is 114 cm³/mol. The summed E-state index contributed by atoms with van der Waals surface area (Å²) in [5.41, 5.74) is 4.17. The monoisotopic (exact) mass is 403 g/mol. The number of carbonyl (C=O) groups excluding carboxylic acids is 1. The van der Waals surface area contributed by atoms with Crippen LogP contribution in [0.2, 0.25) is 0 Å². The fourth-order valence-corrected chi connectivity index (χ4v) is 3.89. The quantitative estimate of drug-likeness (QED) is 0.545. The van der Waals surface area contributed by atoms with Crippen LogP contribution in [-0.4, -0.2) is 62.1 Å². The third-order valence-corrected chi connectivity index (χ3v) is 5.41. The van der Waals surface area contributed by atoms with Crippen molar-refractivity contribution in [3.05, 3.63) is 52.2 Å². The van der Waals surface area contributed by atoms with Crippen LogP contribution in [0.4, 0.5) is 5.69 Å². The summed E-state index contributed by atoms with van der Waals surface area (Å²) in [4.78, 5) is 40.8. The van der Waals surface area contributed by atoms with E-state index in [1.165, 1.54) is 0 Å². The molecule has 0 bridgehead atoms. The van der Waals surface area contributed by atoms with Gasteiger partial charge in [-0.3, -0.25) is 19.5 Å². The minimum atomic E-state index is -0.262. The molecule has 1 amide bonds. The van der Waals surface area contributed by atoms with Crippen molar-refractivity contribution in [3.8, 4) is 11.5 Å². The largest absolute Gasteiger partial charge is 0.310 e. The number of likely N-dealkylation sites (N-methyl/N-ethyl adjacent to an activating group) is 1. The highest BCUT2D eigenvalue weighted by atomic mass is 16.2. The summed E-state index contributed by atoms with van der Waals surface area (Å²) < 4.78 is 1.75. The Bertz CT molecular complexity index is 1370. The molecule has 1 saturated heterocycles. The fourth-order valence-electron chi connectivity index (χ4n) is 3.89. The van der Waals surface area contributed by atoms with E-state index in [2.05, 4.69) is 20.1 Å². The Labute approximate surface area is 172 Å². The van der Waals surface area contributed by atoms with Crippen LogP contribution >= 0.6 is 0 Å². The summed E-state index contributed by atoms with van der Waals surface area (Å²) in [5.74, 6) is 0.421. The van der Waals surface area contributed by atoms with Crippen molar-refractivity contribution < 1.29 is 4.79 Å². The van der Waals surface area contributed by atoms with Crippen LogP contribution in [0.1, 0.15) is 11.4 Å². The van der Waals surface area contributed by atoms with E-state index >= 15 is 0 Å². The molecule has 4 heterocycles. The lowest BCUT2D eigenvalue weighted by molar-refractivity contribution is -0.120. The van der Waals surface area contributed by atoms with Crippen molar-refractivity contribution >= 4 is 28.0 Å². The van der Waals surface area contributed by atoms with Crippen molar-refractivity contribution in [1.29, 1.82) is 0 Å². The second kappa shape index (κ2) is 6.74. The van der Waals surface area contributed by atoms with Crippen LogP contribution in [0.5, 0.6) is 0 Å². The third kappa shape index (κ3) is 3.03. The number of anilines is 1. The first-order valence-corrected chi connectivity index (χ1v) is 9.76. The maximum Gasteiger partial charge on any atom is 0.259 e. The zero-order valence-electron chi connectivity index (χ0n) is 17.0. The van der Waals surface area contributed by atoms with Crippen molar-refractivity contribution in [2.45, 2.75) is 13.8 Å². The van der Waals surface area contributed by atoms with Gasteiger partial charge in [0.2, 0.25) is 5.91 Å². The van der Waals surface area contributed by atoms with E-state index < -0.39 is 0 Å². The molecule has 4 aromatic rings. The molecular formula is C21H21N7O2. The van der Waals surface area contributed by atoms with E-state index in [0.717, 1.165) is 23.4 Å². The first-order valence-electron chi connectivity index (χ1n) is 9.76. The van der Waals surface area contributed by atoms with Crippen LogP contribution in [0.15, 0.2) is 35.3 Å². The first-order chi connectivity index (χ1) is 14.4. The van der Waals surface area contributed by atoms with E-state index in [9.17, 15) is 9.59 Å². The van der Waals surface area contributed by atoms with Gasteiger partial charge in [-0.1, -0.05) is 0 Å². The van der Waals surface area contributed by atoms with Gasteiger partial charge in [0.15, 0.2) is 5.82 Å². The molecule has 1 aliphatic rings. The number of hydrogen-bond acceptors (Lipinski definition) is 6. The molecule has 0 aliphatic carbocycles. The highest BCUT2D eigenvalue weighted by molar-refractivity contribution is 5.97. The van der Waals surface area contributed by atoms with Gasteiger partial charge >= 0.3 is 0 Å². The summed E-state index contributed by atoms with van der Waals surface area (Å²) in [6.45, 7) is 5.59. The topological polar surface area (TPSA) is 99.5 Å². The highest BCUT2D eigenvalue weighted by Crippen LogP contribution is 2.23. The summed E-state index contributed by atoms with van der Waals surface area (Å²) in [5, 5.41) is 4.99. The van der Waals surface area contributed by atoms with Crippen LogP contribution in [-0.2, 0) is 4.79 Å². The number of piperazine rings is 1. The van der Waals surface area contributed by atoms with E-state index in [1.807, 2.05) is 44.1 Å². The average Bonchev–Trinajstić information content (AvgIpc) is 3.12. The molecule has 1 fully saturated rings. The van der Waals surface area contributed by atoms with Crippen LogP contribution in [0, 0.1) is 13.8 Å². The van der Waals surface area contributed by atoms with Crippen molar-refractivity contribution in [2.75, 3.05) is 31.6 Å². The SMILES string of the molecule is Cc1cn2nc(-c3nc4ccc(N5CCN(C)CC5=O)cc4c(=O)[nH]3)cc2c(C)n1. The second-order valence-corrected chi connectivity index (χ2v) is 7.73. The molecule has 9 nitrogen and oxygen atoms in total. The van der Waals surface area contributed by atoms with Gasteiger partial charge in [-0.15, -0.1) is 0 Å². The normalized spacial score (nSPS) is 15.4. The number of carbonyl (C=O) groups is 1. The number of fused-ring (bicyclic) bond motifs is 2. The zero-order valence-corrected chi connectivity index (χ0v) is 17.0. The van der Waals surface area contributed by atoms with Gasteiger partial charge in [0.05, 0.1) is 40.5 Å². The number of hydrogen-bond donors (Lipinski definition) is 1. The van der Waals surface area contributed by atoms with Gasteiger partial charge in [0, 0.05) is 18.8 Å². The molecule has 30 heavy (non-hydrogen) atoms. The number of aromatic nitrogens is 5. The molecular weight excluding hydrogens is 382 g/mol. The van der Waals surface area contributed by atoms with E-state index in [0.29, 0.717) is 41.2 Å². The second-order valence-electron chi connectivity index (χ2n) is 7.73. The Morgan fingerprint density at radius 1 is 1.07 bits per heavy atom. The number of aryl methyl sites for hydroxylation is 2. The van der Waals surface area contributed by atoms with Gasteiger partial charge in [-0.05, 0) is 45.2 Å². The molecule has 0 radical (unpaired) electrons. The van der Waals surface area contributed by atoms with E-state index in [4.69, 9.17) is 0 Å². The molecule has 9 heteroatoms. The average molecular weight is 403 g/mol. The van der Waals surface area contributed by atoms with Crippen LogP contribution < -0.4 is 10.5 Å². The van der Waals surface area contributed by atoms with Crippen molar-refractivity contribution in [2.24, 2.45) is 0 Å². The number of nitrogens with zero attached hydrogens (tertiary/aromatic N) is 6. The number of rotatable bonds is 2. The molecule has 0 spiro atoms. The van der Waals surface area contributed by atoms with Gasteiger partial charge in [0.25, 0.3) is 5.56 Å². The molecule has 5 rings (SSSR count). The number of aromatic amines is 1. The highest BCUT2D eigenvalue weighted by Gasteiger charge is 2.23. The fraction of sp³-hybridized carbons (Fsp3) is 0.286. The van der Waals surface area contributed by atoms with Crippen LogP contribution in [0.25, 0.3) is 27.9 Å². The molecule has 0 saturated carbocycles. The Morgan fingerprint density at radius 2 is 1.90 bits per heavy atom. The van der Waals surface area contributed by atoms with E-state index in [1.54, 1.807) is 21.5 Å². The van der Waals surface area contributed by atoms with Gasteiger partial charge in [-0.25, -0.2) is 9.50 Å². The number of amides is 1. The molecule has 0 unspecified atom stereocenters. The molecule has 1 N–H and O–H groups in total. The third-order valence-electron chi connectivity index (χ3n) is 5.41. The maximum atomic E-state index is 12.8. The Morgan fingerprint density at radius 3 is 2.70 bits per heavy atom. The standard InChI is InChI=1S/C21H21N7O2/c1-12-10-28-18(13(2)22-12)9-17(25-28)20-23-16-5-4-14(8-15(16)21(30)24-20)27-7-6-26(3)11-19(27)29/h4-5,8-10H,6-7,11H2,1-3H3,(H,23,24,30). The molecule has 1 aliphatic heterocycles. The van der Waals surface area contributed by atoms with Crippen molar-refractivity contribution in [1.82, 2.24) is 29.5 Å². The molecule has 0 atom stereocenters. The summed E-state index contributed by atoms with van der Waals surface area (Å²) in [6, 6.07) is 7.21. The number of H-pyrrole nitrogens is 1. The Kier molecular flexibility index (Phi) is 4.14. The lowest BCUT2D eigenvalue weighted by Gasteiger charge is -2.32. The zero-order chi connectivity index (χ0) is 21.0. The summed E-state index contributed by atoms with van der Waals surface area (Å²) >= 11 is 0. The van der Waals surface area contributed by atoms with Gasteiger partial charge < -0.3 is 9.88 Å². The Balaban J connectivity index is 1.57. The molecule has 1 aromatic carbocycles.